The van der Waals surface area contributed by atoms with Gasteiger partial charge in [0.05, 0.1) is 0 Å². The summed E-state index contributed by atoms with van der Waals surface area (Å²) in [5.41, 5.74) is -2.42. The minimum absolute atomic E-state index is 0.103. The molecule has 0 saturated heterocycles. The van der Waals surface area contributed by atoms with Gasteiger partial charge in [-0.15, -0.1) is 0 Å². The lowest BCUT2D eigenvalue weighted by atomic mass is 10.1. The van der Waals surface area contributed by atoms with Crippen LogP contribution in [0, 0.1) is 17.1 Å². The van der Waals surface area contributed by atoms with Crippen LogP contribution in [0.4, 0.5) is 4.39 Å². The highest BCUT2D eigenvalue weighted by atomic mass is 19.1. The van der Waals surface area contributed by atoms with Crippen molar-refractivity contribution in [2.45, 2.75) is 12.5 Å². The van der Waals surface area contributed by atoms with E-state index in [1.807, 2.05) is 0 Å². The van der Waals surface area contributed by atoms with Crippen molar-refractivity contribution in [3.05, 3.63) is 29.6 Å². The van der Waals surface area contributed by atoms with Gasteiger partial charge in [0.25, 0.3) is 0 Å². The number of carboxylic acids is 1. The number of nitrogens with zero attached hydrogens (tertiary/aromatic N) is 1. The third-order valence-electron chi connectivity index (χ3n) is 2.06. The molecule has 1 rings (SSSR count). The van der Waals surface area contributed by atoms with E-state index in [4.69, 9.17) is 15.1 Å². The van der Waals surface area contributed by atoms with Crippen molar-refractivity contribution in [1.29, 1.82) is 5.26 Å². The molecule has 0 aliphatic heterocycles. The molecule has 0 amide bonds. The Morgan fingerprint density at radius 2 is 2.29 bits per heavy atom. The minimum Gasteiger partial charge on any atom is -0.488 e. The van der Waals surface area contributed by atoms with Crippen molar-refractivity contribution in [1.82, 2.24) is 0 Å². The van der Waals surface area contributed by atoms with E-state index in [0.29, 0.717) is 0 Å². The molecular weight excluding hydrogens is 229 g/mol. The number of aliphatic hydroxyl groups is 1. The quantitative estimate of drug-likeness (QED) is 0.815. The monoisotopic (exact) mass is 239 g/mol. The number of carboxylic acid groups (broad SMARTS) is 1. The molecule has 1 atom stereocenters. The highest BCUT2D eigenvalue weighted by molar-refractivity contribution is 5.76. The van der Waals surface area contributed by atoms with Crippen molar-refractivity contribution in [2.24, 2.45) is 0 Å². The number of carbonyl (C=O) groups is 1. The molecule has 0 heterocycles. The molecule has 1 unspecified atom stereocenters. The summed E-state index contributed by atoms with van der Waals surface area (Å²) >= 11 is 0. The number of hydrogen-bond acceptors (Lipinski definition) is 4. The first-order valence-electron chi connectivity index (χ1n) is 4.65. The maximum Gasteiger partial charge on any atom is 0.339 e. The SMILES string of the molecule is CC(O)(COc1cccc(F)c1C#N)C(=O)O. The van der Waals surface area contributed by atoms with E-state index in [1.54, 1.807) is 6.07 Å². The summed E-state index contributed by atoms with van der Waals surface area (Å²) in [4.78, 5) is 10.6. The molecule has 90 valence electrons. The Hall–Kier alpha value is -2.13. The van der Waals surface area contributed by atoms with Crippen LogP contribution in [-0.4, -0.2) is 28.4 Å². The maximum absolute atomic E-state index is 13.1. The lowest BCUT2D eigenvalue weighted by Crippen LogP contribution is -2.41. The summed E-state index contributed by atoms with van der Waals surface area (Å²) in [5.74, 6) is -2.33. The molecular formula is C11H10FNO4. The van der Waals surface area contributed by atoms with E-state index in [-0.39, 0.29) is 11.3 Å². The van der Waals surface area contributed by atoms with E-state index in [9.17, 15) is 14.3 Å². The second kappa shape index (κ2) is 4.80. The molecule has 0 radical (unpaired) electrons. The Kier molecular flexibility index (Phi) is 3.66. The summed E-state index contributed by atoms with van der Waals surface area (Å²) in [5, 5.41) is 26.7. The number of ether oxygens (including phenoxy) is 1. The molecule has 1 aromatic carbocycles. The van der Waals surface area contributed by atoms with Gasteiger partial charge < -0.3 is 14.9 Å². The normalized spacial score (nSPS) is 13.5. The molecule has 6 heteroatoms. The smallest absolute Gasteiger partial charge is 0.339 e. The summed E-state index contributed by atoms with van der Waals surface area (Å²) in [6.07, 6.45) is 0. The number of rotatable bonds is 4. The van der Waals surface area contributed by atoms with Crippen LogP contribution in [0.15, 0.2) is 18.2 Å². The average molecular weight is 239 g/mol. The van der Waals surface area contributed by atoms with Gasteiger partial charge in [-0.3, -0.25) is 0 Å². The maximum atomic E-state index is 13.1. The summed E-state index contributed by atoms with van der Waals surface area (Å²) in [7, 11) is 0. The first-order valence-corrected chi connectivity index (χ1v) is 4.65. The predicted octanol–water partition coefficient (Wildman–Crippen LogP) is 0.912. The first kappa shape index (κ1) is 12.9. The third kappa shape index (κ3) is 2.92. The topological polar surface area (TPSA) is 90.5 Å². The van der Waals surface area contributed by atoms with Crippen LogP contribution in [-0.2, 0) is 4.79 Å². The summed E-state index contributed by atoms with van der Waals surface area (Å²) in [6, 6.07) is 5.32. The lowest BCUT2D eigenvalue weighted by molar-refractivity contribution is -0.159. The first-order chi connectivity index (χ1) is 7.88. The highest BCUT2D eigenvalue weighted by Crippen LogP contribution is 2.21. The fourth-order valence-electron chi connectivity index (χ4n) is 1.01. The van der Waals surface area contributed by atoms with Crippen molar-refractivity contribution in [3.63, 3.8) is 0 Å². The van der Waals surface area contributed by atoms with E-state index in [0.717, 1.165) is 13.0 Å². The van der Waals surface area contributed by atoms with Gasteiger partial charge in [-0.1, -0.05) is 6.07 Å². The van der Waals surface area contributed by atoms with Crippen LogP contribution in [0.25, 0.3) is 0 Å². The largest absolute Gasteiger partial charge is 0.488 e. The van der Waals surface area contributed by atoms with Crippen molar-refractivity contribution < 1.29 is 24.1 Å². The second-order valence-corrected chi connectivity index (χ2v) is 3.59. The van der Waals surface area contributed by atoms with Gasteiger partial charge in [0.1, 0.15) is 29.8 Å². The third-order valence-corrected chi connectivity index (χ3v) is 2.06. The molecule has 1 aromatic rings. The molecule has 0 aliphatic rings. The van der Waals surface area contributed by atoms with Gasteiger partial charge in [-0.05, 0) is 19.1 Å². The number of nitriles is 1. The molecule has 5 nitrogen and oxygen atoms in total. The molecule has 0 saturated carbocycles. The van der Waals surface area contributed by atoms with Crippen molar-refractivity contribution >= 4 is 5.97 Å². The fraction of sp³-hybridized carbons (Fsp3) is 0.273. The summed E-state index contributed by atoms with van der Waals surface area (Å²) < 4.78 is 18.1. The van der Waals surface area contributed by atoms with Gasteiger partial charge in [-0.2, -0.15) is 5.26 Å². The van der Waals surface area contributed by atoms with Crippen molar-refractivity contribution in [3.8, 4) is 11.8 Å². The van der Waals surface area contributed by atoms with Crippen LogP contribution >= 0.6 is 0 Å². The fourth-order valence-corrected chi connectivity index (χ4v) is 1.01. The highest BCUT2D eigenvalue weighted by Gasteiger charge is 2.31. The zero-order valence-electron chi connectivity index (χ0n) is 8.98. The molecule has 0 aliphatic carbocycles. The van der Waals surface area contributed by atoms with Crippen molar-refractivity contribution in [2.75, 3.05) is 6.61 Å². The van der Waals surface area contributed by atoms with Crippen LogP contribution in [0.1, 0.15) is 12.5 Å². The van der Waals surface area contributed by atoms with Crippen LogP contribution in [0.3, 0.4) is 0 Å². The van der Waals surface area contributed by atoms with E-state index in [2.05, 4.69) is 0 Å². The molecule has 17 heavy (non-hydrogen) atoms. The van der Waals surface area contributed by atoms with E-state index in [1.165, 1.54) is 12.1 Å². The van der Waals surface area contributed by atoms with Gasteiger partial charge >= 0.3 is 5.97 Å². The average Bonchev–Trinajstić information content (AvgIpc) is 2.26. The van der Waals surface area contributed by atoms with Crippen LogP contribution < -0.4 is 4.74 Å². The second-order valence-electron chi connectivity index (χ2n) is 3.59. The predicted molar refractivity (Wildman–Crippen MR) is 54.9 cm³/mol. The van der Waals surface area contributed by atoms with Gasteiger partial charge in [-0.25, -0.2) is 9.18 Å². The Morgan fingerprint density at radius 1 is 1.65 bits per heavy atom. The van der Waals surface area contributed by atoms with E-state index < -0.39 is 24.0 Å². The number of aliphatic carboxylic acids is 1. The van der Waals surface area contributed by atoms with Gasteiger partial charge in [0.2, 0.25) is 0 Å². The number of hydrogen-bond donors (Lipinski definition) is 2. The Labute approximate surface area is 96.7 Å². The van der Waals surface area contributed by atoms with E-state index >= 15 is 0 Å². The Bertz CT molecular complexity index is 479. The van der Waals surface area contributed by atoms with Gasteiger partial charge in [0.15, 0.2) is 5.60 Å². The van der Waals surface area contributed by atoms with Gasteiger partial charge in [0, 0.05) is 0 Å². The standard InChI is InChI=1S/C11H10FNO4/c1-11(16,10(14)15)6-17-9-4-2-3-8(12)7(9)5-13/h2-4,16H,6H2,1H3,(H,14,15). The molecule has 2 N–H and O–H groups in total. The summed E-state index contributed by atoms with van der Waals surface area (Å²) in [6.45, 7) is 0.459. The Balaban J connectivity index is 2.88. The Morgan fingerprint density at radius 3 is 2.82 bits per heavy atom. The molecule has 0 fully saturated rings. The number of benzene rings is 1. The van der Waals surface area contributed by atoms with Crippen LogP contribution in [0.5, 0.6) is 5.75 Å². The van der Waals surface area contributed by atoms with Crippen LogP contribution in [0.2, 0.25) is 0 Å². The zero-order valence-corrected chi connectivity index (χ0v) is 8.98. The molecule has 0 bridgehead atoms. The molecule has 0 spiro atoms. The zero-order chi connectivity index (χ0) is 13.1. The number of halogens is 1. The minimum atomic E-state index is -2.10. The lowest BCUT2D eigenvalue weighted by Gasteiger charge is -2.18. The molecule has 0 aromatic heterocycles.